The minimum atomic E-state index is -0.361. The normalized spacial score (nSPS) is 14.5. The largest absolute Gasteiger partial charge is 0.464 e. The zero-order chi connectivity index (χ0) is 16.9. The van der Waals surface area contributed by atoms with Gasteiger partial charge in [-0.15, -0.1) is 4.37 Å². The molecule has 0 aliphatic carbocycles. The first-order valence-electron chi connectivity index (χ1n) is 7.17. The molecule has 1 aromatic heterocycles. The molecule has 0 unspecified atom stereocenters. The third kappa shape index (κ3) is 4.07. The van der Waals surface area contributed by atoms with Gasteiger partial charge in [-0.3, -0.25) is 4.79 Å². The fourth-order valence-electron chi connectivity index (χ4n) is 2.16. The molecule has 10 heteroatoms. The summed E-state index contributed by atoms with van der Waals surface area (Å²) < 4.78 is 19.1. The van der Waals surface area contributed by atoms with Gasteiger partial charge in [-0.1, -0.05) is 29.3 Å². The van der Waals surface area contributed by atoms with Crippen molar-refractivity contribution in [3.8, 4) is 5.88 Å². The first-order chi connectivity index (χ1) is 11.6. The molecule has 1 amide bonds. The van der Waals surface area contributed by atoms with E-state index in [1.165, 1.54) is 0 Å². The van der Waals surface area contributed by atoms with Gasteiger partial charge in [0, 0.05) is 13.1 Å². The summed E-state index contributed by atoms with van der Waals surface area (Å²) in [5, 5.41) is 3.31. The van der Waals surface area contributed by atoms with Gasteiger partial charge in [-0.25, -0.2) is 0 Å². The average Bonchev–Trinajstić information content (AvgIpc) is 3.06. The molecule has 0 atom stereocenters. The maximum Gasteiger partial charge on any atom is 0.271 e. The van der Waals surface area contributed by atoms with Crippen LogP contribution < -0.4 is 15.0 Å². The van der Waals surface area contributed by atoms with Crippen molar-refractivity contribution in [1.29, 1.82) is 0 Å². The van der Waals surface area contributed by atoms with Crippen molar-refractivity contribution < 1.29 is 14.3 Å². The highest BCUT2D eigenvalue weighted by molar-refractivity contribution is 6.99. The number of nitrogens with zero attached hydrogens (tertiary/aromatic N) is 3. The van der Waals surface area contributed by atoms with Crippen LogP contribution in [0.1, 0.15) is 0 Å². The van der Waals surface area contributed by atoms with Crippen LogP contribution in [0.3, 0.4) is 0 Å². The van der Waals surface area contributed by atoms with Gasteiger partial charge < -0.3 is 19.7 Å². The van der Waals surface area contributed by atoms with Crippen LogP contribution in [0, 0.1) is 0 Å². The molecule has 7 nitrogen and oxygen atoms in total. The lowest BCUT2D eigenvalue weighted by Gasteiger charge is -2.26. The van der Waals surface area contributed by atoms with Gasteiger partial charge in [-0.2, -0.15) is 4.37 Å². The molecule has 1 aliphatic heterocycles. The summed E-state index contributed by atoms with van der Waals surface area (Å²) in [5.74, 6) is 0.617. The Labute approximate surface area is 152 Å². The SMILES string of the molecule is O=C(COc1nsnc1N1CCOCC1)Nc1cccc(Cl)c1Cl. The Balaban J connectivity index is 1.59. The average molecular weight is 389 g/mol. The van der Waals surface area contributed by atoms with Crippen LogP contribution >= 0.6 is 34.9 Å². The summed E-state index contributed by atoms with van der Waals surface area (Å²) in [6.45, 7) is 2.49. The highest BCUT2D eigenvalue weighted by Gasteiger charge is 2.20. The van der Waals surface area contributed by atoms with Crippen molar-refractivity contribution in [2.45, 2.75) is 0 Å². The number of amides is 1. The van der Waals surface area contributed by atoms with Gasteiger partial charge in [0.05, 0.1) is 40.7 Å². The molecule has 24 heavy (non-hydrogen) atoms. The maximum absolute atomic E-state index is 12.0. The standard InChI is InChI=1S/C14H14Cl2N4O3S/c15-9-2-1-3-10(12(9)16)17-11(21)8-23-14-13(18-24-19-14)20-4-6-22-7-5-20/h1-3H,4-8H2,(H,17,21). The number of hydrogen-bond acceptors (Lipinski definition) is 7. The van der Waals surface area contributed by atoms with E-state index in [0.717, 1.165) is 11.7 Å². The second-order valence-corrected chi connectivity index (χ2v) is 6.24. The Morgan fingerprint density at radius 1 is 1.33 bits per heavy atom. The van der Waals surface area contributed by atoms with Gasteiger partial charge in [0.2, 0.25) is 5.82 Å². The predicted octanol–water partition coefficient (Wildman–Crippen LogP) is 2.70. The first-order valence-corrected chi connectivity index (χ1v) is 8.65. The summed E-state index contributed by atoms with van der Waals surface area (Å²) in [5.41, 5.74) is 0.433. The van der Waals surface area contributed by atoms with E-state index in [4.69, 9.17) is 32.7 Å². The van der Waals surface area contributed by atoms with Crippen LogP contribution in [0.25, 0.3) is 0 Å². The second-order valence-electron chi connectivity index (χ2n) is 4.93. The Bertz CT molecular complexity index is 722. The fraction of sp³-hybridized carbons (Fsp3) is 0.357. The number of benzene rings is 1. The lowest BCUT2D eigenvalue weighted by atomic mass is 10.3. The molecule has 1 fully saturated rings. The summed E-state index contributed by atoms with van der Waals surface area (Å²) >= 11 is 13.0. The minimum absolute atomic E-state index is 0.203. The molecule has 0 radical (unpaired) electrons. The van der Waals surface area contributed by atoms with Crippen LogP contribution in [0.15, 0.2) is 18.2 Å². The Morgan fingerprint density at radius 3 is 2.92 bits per heavy atom. The van der Waals surface area contributed by atoms with Crippen molar-refractivity contribution in [2.75, 3.05) is 43.1 Å². The third-order valence-corrected chi connectivity index (χ3v) is 4.64. The lowest BCUT2D eigenvalue weighted by Crippen LogP contribution is -2.36. The quantitative estimate of drug-likeness (QED) is 0.848. The number of ether oxygens (including phenoxy) is 2. The monoisotopic (exact) mass is 388 g/mol. The number of carbonyl (C=O) groups is 1. The van der Waals surface area contributed by atoms with Crippen LogP contribution in [0.2, 0.25) is 10.0 Å². The molecule has 1 N–H and O–H groups in total. The number of carbonyl (C=O) groups excluding carboxylic acids is 1. The van der Waals surface area contributed by atoms with Crippen LogP contribution in [0.4, 0.5) is 11.5 Å². The van der Waals surface area contributed by atoms with Crippen LogP contribution in [-0.2, 0) is 9.53 Å². The number of halogens is 2. The van der Waals surface area contributed by atoms with Gasteiger partial charge in [0.15, 0.2) is 6.61 Å². The predicted molar refractivity (Wildman–Crippen MR) is 93.5 cm³/mol. The van der Waals surface area contributed by atoms with Gasteiger partial charge >= 0.3 is 0 Å². The topological polar surface area (TPSA) is 76.6 Å². The van der Waals surface area contributed by atoms with E-state index in [9.17, 15) is 4.79 Å². The zero-order valence-electron chi connectivity index (χ0n) is 12.5. The number of anilines is 2. The Morgan fingerprint density at radius 2 is 2.12 bits per heavy atom. The molecule has 0 bridgehead atoms. The van der Waals surface area contributed by atoms with E-state index in [-0.39, 0.29) is 17.5 Å². The highest BCUT2D eigenvalue weighted by atomic mass is 35.5. The van der Waals surface area contributed by atoms with E-state index in [1.807, 2.05) is 4.90 Å². The van der Waals surface area contributed by atoms with Crippen molar-refractivity contribution in [2.24, 2.45) is 0 Å². The van der Waals surface area contributed by atoms with Crippen molar-refractivity contribution >= 4 is 52.3 Å². The molecule has 1 saturated heterocycles. The number of morpholine rings is 1. The van der Waals surface area contributed by atoms with E-state index in [2.05, 4.69) is 14.1 Å². The molecule has 1 aliphatic rings. The highest BCUT2D eigenvalue weighted by Crippen LogP contribution is 2.30. The number of rotatable bonds is 5. The molecule has 2 aromatic rings. The summed E-state index contributed by atoms with van der Waals surface area (Å²) in [6.07, 6.45) is 0. The van der Waals surface area contributed by atoms with Gasteiger partial charge in [0.25, 0.3) is 11.8 Å². The van der Waals surface area contributed by atoms with Gasteiger partial charge in [0.1, 0.15) is 0 Å². The number of aromatic nitrogens is 2. The molecule has 3 rings (SSSR count). The van der Waals surface area contributed by atoms with Gasteiger partial charge in [-0.05, 0) is 12.1 Å². The third-order valence-electron chi connectivity index (χ3n) is 3.32. The van der Waals surface area contributed by atoms with E-state index in [0.29, 0.717) is 48.7 Å². The molecular weight excluding hydrogens is 375 g/mol. The number of hydrogen-bond donors (Lipinski definition) is 1. The molecular formula is C14H14Cl2N4O3S. The lowest BCUT2D eigenvalue weighted by molar-refractivity contribution is -0.118. The van der Waals surface area contributed by atoms with Crippen molar-refractivity contribution in [3.05, 3.63) is 28.2 Å². The van der Waals surface area contributed by atoms with E-state index in [1.54, 1.807) is 18.2 Å². The molecule has 0 spiro atoms. The smallest absolute Gasteiger partial charge is 0.271 e. The summed E-state index contributed by atoms with van der Waals surface area (Å²) in [7, 11) is 0. The van der Waals surface area contributed by atoms with Crippen molar-refractivity contribution in [1.82, 2.24) is 8.75 Å². The van der Waals surface area contributed by atoms with Crippen molar-refractivity contribution in [3.63, 3.8) is 0 Å². The molecule has 0 saturated carbocycles. The van der Waals surface area contributed by atoms with E-state index < -0.39 is 0 Å². The maximum atomic E-state index is 12.0. The number of nitrogens with one attached hydrogen (secondary N) is 1. The summed E-state index contributed by atoms with van der Waals surface area (Å²) in [6, 6.07) is 5.01. The summed E-state index contributed by atoms with van der Waals surface area (Å²) in [4.78, 5) is 14.1. The Kier molecular flexibility index (Phi) is 5.72. The first kappa shape index (κ1) is 17.2. The van der Waals surface area contributed by atoms with E-state index >= 15 is 0 Å². The minimum Gasteiger partial charge on any atom is -0.464 e. The molecule has 2 heterocycles. The molecule has 1 aromatic carbocycles. The Hall–Kier alpha value is -1.61. The van der Waals surface area contributed by atoms with Crippen LogP contribution in [-0.4, -0.2) is 47.6 Å². The zero-order valence-corrected chi connectivity index (χ0v) is 14.8. The fourth-order valence-corrected chi connectivity index (χ4v) is 3.02. The second kappa shape index (κ2) is 7.98. The van der Waals surface area contributed by atoms with Crippen LogP contribution in [0.5, 0.6) is 5.88 Å². The molecule has 128 valence electrons.